The van der Waals surface area contributed by atoms with Gasteiger partial charge < -0.3 is 24.6 Å². The summed E-state index contributed by atoms with van der Waals surface area (Å²) in [5.74, 6) is 0.902. The van der Waals surface area contributed by atoms with Crippen LogP contribution in [-0.4, -0.2) is 72.7 Å². The highest BCUT2D eigenvalue weighted by Gasteiger charge is 2.36. The number of benzene rings is 1. The summed E-state index contributed by atoms with van der Waals surface area (Å²) in [6.45, 7) is 3.91. The Balaban J connectivity index is 1.15. The van der Waals surface area contributed by atoms with E-state index in [1.54, 1.807) is 13.2 Å². The Morgan fingerprint density at radius 3 is 2.88 bits per heavy atom. The Kier molecular flexibility index (Phi) is 11.0. The Hall–Kier alpha value is -2.32. The minimum atomic E-state index is -0.948. The van der Waals surface area contributed by atoms with E-state index in [0.717, 1.165) is 87.2 Å². The number of carboxylic acids is 1. The standard InChI is InChI=1S/C32H45FN3O5P/c1-39-28-18-24(35-31-26(28)6-4-13-34-31)5-2-3-7-29(42)21-10-14-36(19-21)30(32(37)38)27-17-23(33)9-8-22(27)20-41-25-11-15-40-16-12-25/h8-9,17-18,21,25,29-30H,2-7,10-16,19-20,42H2,1H3,(H,34,35)(H,37,38). The molecule has 2 aromatic rings. The lowest BCUT2D eigenvalue weighted by molar-refractivity contribution is -0.143. The van der Waals surface area contributed by atoms with Gasteiger partial charge in [0.25, 0.3) is 0 Å². The number of carbonyl (C=O) groups is 1. The van der Waals surface area contributed by atoms with E-state index in [9.17, 15) is 14.3 Å². The van der Waals surface area contributed by atoms with Crippen molar-refractivity contribution < 1.29 is 28.5 Å². The van der Waals surface area contributed by atoms with Crippen molar-refractivity contribution in [3.8, 4) is 5.75 Å². The minimum Gasteiger partial charge on any atom is -0.496 e. The number of carboxylic acid groups (broad SMARTS) is 1. The number of nitrogens with one attached hydrogen (secondary N) is 1. The van der Waals surface area contributed by atoms with Crippen LogP contribution < -0.4 is 10.1 Å². The highest BCUT2D eigenvalue weighted by atomic mass is 31.0. The maximum atomic E-state index is 14.4. The third kappa shape index (κ3) is 7.79. The number of fused-ring (bicyclic) bond motifs is 1. The van der Waals surface area contributed by atoms with Crippen molar-refractivity contribution >= 4 is 21.0 Å². The zero-order valence-electron chi connectivity index (χ0n) is 24.7. The fraction of sp³-hybridized carbons (Fsp3) is 0.625. The van der Waals surface area contributed by atoms with Crippen molar-refractivity contribution in [3.05, 3.63) is 52.5 Å². The Morgan fingerprint density at radius 1 is 1.26 bits per heavy atom. The number of rotatable bonds is 13. The molecular weight excluding hydrogens is 556 g/mol. The summed E-state index contributed by atoms with van der Waals surface area (Å²) in [6.07, 6.45) is 8.79. The molecule has 0 saturated carbocycles. The zero-order valence-corrected chi connectivity index (χ0v) is 25.8. The predicted molar refractivity (Wildman–Crippen MR) is 164 cm³/mol. The molecule has 4 unspecified atom stereocenters. The number of unbranched alkanes of at least 4 members (excludes halogenated alkanes) is 1. The third-order valence-electron chi connectivity index (χ3n) is 8.98. The molecule has 0 aliphatic carbocycles. The molecule has 5 rings (SSSR count). The molecule has 0 spiro atoms. The van der Waals surface area contributed by atoms with E-state index in [-0.39, 0.29) is 12.7 Å². The van der Waals surface area contributed by atoms with Crippen LogP contribution in [0.4, 0.5) is 10.2 Å². The van der Waals surface area contributed by atoms with Gasteiger partial charge in [0.2, 0.25) is 0 Å². The van der Waals surface area contributed by atoms with Gasteiger partial charge in [-0.1, -0.05) is 12.5 Å². The molecule has 2 saturated heterocycles. The van der Waals surface area contributed by atoms with Crippen molar-refractivity contribution in [1.82, 2.24) is 9.88 Å². The summed E-state index contributed by atoms with van der Waals surface area (Å²) < 4.78 is 31.5. The second-order valence-corrected chi connectivity index (χ2v) is 12.7. The number of pyridine rings is 1. The molecule has 1 aromatic carbocycles. The molecule has 0 radical (unpaired) electrons. The number of ether oxygens (including phenoxy) is 3. The summed E-state index contributed by atoms with van der Waals surface area (Å²) in [4.78, 5) is 19.4. The van der Waals surface area contributed by atoms with Crippen LogP contribution in [0.25, 0.3) is 0 Å². The third-order valence-corrected chi connectivity index (χ3v) is 9.86. The Bertz CT molecular complexity index is 1190. The van der Waals surface area contributed by atoms with Gasteiger partial charge in [-0.3, -0.25) is 9.69 Å². The second kappa shape index (κ2) is 14.9. The quantitative estimate of drug-likeness (QED) is 0.233. The molecule has 1 aromatic heterocycles. The fourth-order valence-electron chi connectivity index (χ4n) is 6.58. The first-order valence-electron chi connectivity index (χ1n) is 15.4. The lowest BCUT2D eigenvalue weighted by atomic mass is 9.97. The van der Waals surface area contributed by atoms with Crippen LogP contribution in [0.15, 0.2) is 24.3 Å². The van der Waals surface area contributed by atoms with Crippen molar-refractivity contribution in [1.29, 1.82) is 0 Å². The molecule has 10 heteroatoms. The van der Waals surface area contributed by atoms with Crippen molar-refractivity contribution in [3.63, 3.8) is 0 Å². The maximum absolute atomic E-state index is 14.4. The summed E-state index contributed by atoms with van der Waals surface area (Å²) >= 11 is 0. The van der Waals surface area contributed by atoms with E-state index in [1.807, 2.05) is 4.90 Å². The normalized spacial score (nSPS) is 21.0. The molecule has 3 aliphatic rings. The summed E-state index contributed by atoms with van der Waals surface area (Å²) in [6, 6.07) is 5.64. The monoisotopic (exact) mass is 601 g/mol. The molecule has 3 aliphatic heterocycles. The van der Waals surface area contributed by atoms with E-state index >= 15 is 0 Å². The highest BCUT2D eigenvalue weighted by Crippen LogP contribution is 2.36. The van der Waals surface area contributed by atoms with E-state index < -0.39 is 17.8 Å². The first kappa shape index (κ1) is 31.1. The maximum Gasteiger partial charge on any atom is 0.325 e. The van der Waals surface area contributed by atoms with Crippen LogP contribution >= 0.6 is 9.24 Å². The summed E-state index contributed by atoms with van der Waals surface area (Å²) in [5.41, 5.74) is 3.87. The number of likely N-dealkylation sites (tertiary alicyclic amines) is 1. The average Bonchev–Trinajstić information content (AvgIpc) is 3.48. The van der Waals surface area contributed by atoms with Gasteiger partial charge in [0, 0.05) is 43.6 Å². The fourth-order valence-corrected chi connectivity index (χ4v) is 7.13. The van der Waals surface area contributed by atoms with E-state index in [1.165, 1.54) is 17.7 Å². The first-order chi connectivity index (χ1) is 20.4. The molecule has 4 atom stereocenters. The van der Waals surface area contributed by atoms with E-state index in [2.05, 4.69) is 20.6 Å². The number of methoxy groups -OCH3 is 1. The lowest BCUT2D eigenvalue weighted by Crippen LogP contribution is -2.34. The van der Waals surface area contributed by atoms with Gasteiger partial charge in [0.15, 0.2) is 0 Å². The van der Waals surface area contributed by atoms with Gasteiger partial charge in [-0.25, -0.2) is 9.37 Å². The smallest absolute Gasteiger partial charge is 0.325 e. The molecule has 42 heavy (non-hydrogen) atoms. The summed E-state index contributed by atoms with van der Waals surface area (Å²) in [7, 11) is 4.73. The number of aromatic nitrogens is 1. The Labute approximate surface area is 250 Å². The van der Waals surface area contributed by atoms with Crippen LogP contribution in [0, 0.1) is 11.7 Å². The van der Waals surface area contributed by atoms with E-state index in [4.69, 9.17) is 19.2 Å². The number of aliphatic carboxylic acids is 1. The molecule has 230 valence electrons. The minimum absolute atomic E-state index is 0.0793. The Morgan fingerprint density at radius 2 is 2.10 bits per heavy atom. The van der Waals surface area contributed by atoms with Crippen molar-refractivity contribution in [2.24, 2.45) is 5.92 Å². The van der Waals surface area contributed by atoms with Crippen LogP contribution in [0.1, 0.15) is 73.4 Å². The average molecular weight is 602 g/mol. The molecule has 8 nitrogen and oxygen atoms in total. The number of anilines is 1. The summed E-state index contributed by atoms with van der Waals surface area (Å²) in [5, 5.41) is 13.7. The SMILES string of the molecule is COc1cc(CCCCC(P)C2CCN(C(C(=O)O)c3cc(F)ccc3COC3CCOCC3)C2)nc2c1CCCN2. The molecule has 4 heterocycles. The topological polar surface area (TPSA) is 93.2 Å². The number of nitrogens with zero attached hydrogens (tertiary/aromatic N) is 2. The number of aryl methyl sites for hydroxylation is 1. The number of hydrogen-bond donors (Lipinski definition) is 2. The molecular formula is C32H45FN3O5P. The van der Waals surface area contributed by atoms with E-state index in [0.29, 0.717) is 43.4 Å². The van der Waals surface area contributed by atoms with Gasteiger partial charge in [-0.15, -0.1) is 9.24 Å². The largest absolute Gasteiger partial charge is 0.496 e. The highest BCUT2D eigenvalue weighted by molar-refractivity contribution is 7.17. The molecule has 0 bridgehead atoms. The zero-order chi connectivity index (χ0) is 29.5. The van der Waals surface area contributed by atoms with Gasteiger partial charge in [0.05, 0.1) is 19.8 Å². The molecule has 0 amide bonds. The van der Waals surface area contributed by atoms with Crippen molar-refractivity contribution in [2.75, 3.05) is 45.3 Å². The van der Waals surface area contributed by atoms with Gasteiger partial charge >= 0.3 is 5.97 Å². The molecule has 2 fully saturated rings. The predicted octanol–water partition coefficient (Wildman–Crippen LogP) is 5.39. The van der Waals surface area contributed by atoms with Gasteiger partial charge in [0.1, 0.15) is 23.4 Å². The van der Waals surface area contributed by atoms with Crippen molar-refractivity contribution in [2.45, 2.75) is 82.2 Å². The number of hydrogen-bond acceptors (Lipinski definition) is 7. The van der Waals surface area contributed by atoms with Gasteiger partial charge in [-0.05, 0) is 92.7 Å². The van der Waals surface area contributed by atoms with Crippen LogP contribution in [0.2, 0.25) is 0 Å². The molecule has 2 N–H and O–H groups in total. The van der Waals surface area contributed by atoms with Crippen LogP contribution in [0.3, 0.4) is 0 Å². The number of halogens is 1. The second-order valence-electron chi connectivity index (χ2n) is 11.8. The first-order valence-corrected chi connectivity index (χ1v) is 16.1. The lowest BCUT2D eigenvalue weighted by Gasteiger charge is -2.28. The van der Waals surface area contributed by atoms with Gasteiger partial charge in [-0.2, -0.15) is 0 Å². The van der Waals surface area contributed by atoms with Crippen LogP contribution in [-0.2, 0) is 33.7 Å². The van der Waals surface area contributed by atoms with Crippen LogP contribution in [0.5, 0.6) is 5.75 Å².